The van der Waals surface area contributed by atoms with E-state index in [1.807, 2.05) is 49.4 Å². The fraction of sp³-hybridized carbons (Fsp3) is 0.400. The first-order chi connectivity index (χ1) is 8.72. The average Bonchev–Trinajstić information content (AvgIpc) is 2.44. The Morgan fingerprint density at radius 2 is 1.83 bits per heavy atom. The Morgan fingerprint density at radius 1 is 1.22 bits per heavy atom. The zero-order valence-corrected chi connectivity index (χ0v) is 10.5. The number of carbonyl (C=O) groups is 1. The second-order valence-electron chi connectivity index (χ2n) is 4.18. The molecule has 92 valence electrons. The maximum Gasteiger partial charge on any atom is 0.140 e. The Balaban J connectivity index is 2.87. The third kappa shape index (κ3) is 3.71. The van der Waals surface area contributed by atoms with Crippen LogP contribution in [0.3, 0.4) is 0 Å². The molecule has 0 aliphatic rings. The number of carbonyl (C=O) groups excluding carboxylic acids is 1. The number of nitrogens with zero attached hydrogens (tertiary/aromatic N) is 2. The second-order valence-corrected chi connectivity index (χ2v) is 4.18. The lowest BCUT2D eigenvalue weighted by atomic mass is 9.83. The van der Waals surface area contributed by atoms with Crippen molar-refractivity contribution in [1.29, 1.82) is 10.5 Å². The van der Waals surface area contributed by atoms with E-state index in [-0.39, 0.29) is 11.7 Å². The highest BCUT2D eigenvalue weighted by Gasteiger charge is 2.23. The minimum absolute atomic E-state index is 0.172. The molecule has 0 amide bonds. The zero-order chi connectivity index (χ0) is 13.4. The zero-order valence-electron chi connectivity index (χ0n) is 10.5. The van der Waals surface area contributed by atoms with Crippen LogP contribution >= 0.6 is 0 Å². The first-order valence-corrected chi connectivity index (χ1v) is 6.08. The van der Waals surface area contributed by atoms with Crippen molar-refractivity contribution in [1.82, 2.24) is 0 Å². The molecule has 1 atom stereocenters. The molecule has 1 aromatic rings. The van der Waals surface area contributed by atoms with Gasteiger partial charge in [0.05, 0.1) is 12.1 Å². The Kier molecular flexibility index (Phi) is 5.61. The molecule has 0 aliphatic heterocycles. The van der Waals surface area contributed by atoms with Crippen LogP contribution < -0.4 is 0 Å². The summed E-state index contributed by atoms with van der Waals surface area (Å²) in [4.78, 5) is 11.4. The normalized spacial score (nSPS) is 11.6. The van der Waals surface area contributed by atoms with E-state index in [9.17, 15) is 4.79 Å². The van der Waals surface area contributed by atoms with Gasteiger partial charge in [0.1, 0.15) is 11.7 Å². The topological polar surface area (TPSA) is 64.7 Å². The van der Waals surface area contributed by atoms with Gasteiger partial charge in [-0.25, -0.2) is 0 Å². The summed E-state index contributed by atoms with van der Waals surface area (Å²) >= 11 is 0. The van der Waals surface area contributed by atoms with E-state index < -0.39 is 5.92 Å². The van der Waals surface area contributed by atoms with E-state index in [1.54, 1.807) is 0 Å². The van der Waals surface area contributed by atoms with Crippen LogP contribution in [0, 0.1) is 28.6 Å². The fourth-order valence-corrected chi connectivity index (χ4v) is 1.93. The van der Waals surface area contributed by atoms with Gasteiger partial charge in [-0.1, -0.05) is 37.3 Å². The molecular formula is C15H16N2O. The molecule has 18 heavy (non-hydrogen) atoms. The summed E-state index contributed by atoms with van der Waals surface area (Å²) in [5.41, 5.74) is 0.953. The minimum atomic E-state index is -0.697. The Hall–Kier alpha value is -2.13. The van der Waals surface area contributed by atoms with Gasteiger partial charge in [-0.3, -0.25) is 4.79 Å². The van der Waals surface area contributed by atoms with Gasteiger partial charge in [0.25, 0.3) is 0 Å². The minimum Gasteiger partial charge on any atom is -0.300 e. The van der Waals surface area contributed by atoms with Gasteiger partial charge in [0.2, 0.25) is 0 Å². The standard InChI is InChI=1S/C15H16N2O/c1-2-14(18)8-9-15(13(10-16)11-17)12-6-4-3-5-7-12/h3-7,13,15H,2,8-9H2,1H3/t15-/m1/s1. The van der Waals surface area contributed by atoms with E-state index in [2.05, 4.69) is 0 Å². The number of hydrogen-bond donors (Lipinski definition) is 0. The molecular weight excluding hydrogens is 224 g/mol. The van der Waals surface area contributed by atoms with Crippen LogP contribution in [0.2, 0.25) is 0 Å². The predicted octanol–water partition coefficient (Wildman–Crippen LogP) is 3.19. The SMILES string of the molecule is CCC(=O)CC[C@H](c1ccccc1)C(C#N)C#N. The van der Waals surface area contributed by atoms with Crippen LogP contribution in [0.1, 0.15) is 37.7 Å². The van der Waals surface area contributed by atoms with Crippen LogP contribution in [0.5, 0.6) is 0 Å². The molecule has 0 heterocycles. The molecule has 0 saturated carbocycles. The molecule has 0 radical (unpaired) electrons. The van der Waals surface area contributed by atoms with E-state index in [0.29, 0.717) is 19.3 Å². The van der Waals surface area contributed by atoms with Gasteiger partial charge in [0, 0.05) is 18.8 Å². The van der Waals surface area contributed by atoms with Crippen molar-refractivity contribution < 1.29 is 4.79 Å². The fourth-order valence-electron chi connectivity index (χ4n) is 1.93. The molecule has 0 N–H and O–H groups in total. The van der Waals surface area contributed by atoms with Crippen LogP contribution in [-0.2, 0) is 4.79 Å². The number of nitriles is 2. The summed E-state index contributed by atoms with van der Waals surface area (Å²) < 4.78 is 0. The van der Waals surface area contributed by atoms with Crippen LogP contribution in [0.4, 0.5) is 0 Å². The summed E-state index contributed by atoms with van der Waals surface area (Å²) in [7, 11) is 0. The van der Waals surface area contributed by atoms with Crippen LogP contribution in [0.15, 0.2) is 30.3 Å². The van der Waals surface area contributed by atoms with Gasteiger partial charge in [0.15, 0.2) is 0 Å². The molecule has 1 aromatic carbocycles. The number of rotatable bonds is 6. The summed E-state index contributed by atoms with van der Waals surface area (Å²) in [6.07, 6.45) is 1.49. The summed E-state index contributed by atoms with van der Waals surface area (Å²) in [6.45, 7) is 1.83. The summed E-state index contributed by atoms with van der Waals surface area (Å²) in [5, 5.41) is 18.0. The van der Waals surface area contributed by atoms with E-state index in [0.717, 1.165) is 5.56 Å². The number of hydrogen-bond acceptors (Lipinski definition) is 3. The number of benzene rings is 1. The second kappa shape index (κ2) is 7.25. The first kappa shape index (κ1) is 13.9. The van der Waals surface area contributed by atoms with Crippen molar-refractivity contribution in [2.45, 2.75) is 32.1 Å². The summed E-state index contributed by atoms with van der Waals surface area (Å²) in [5.74, 6) is -0.709. The quantitative estimate of drug-likeness (QED) is 0.767. The van der Waals surface area contributed by atoms with E-state index >= 15 is 0 Å². The molecule has 3 heteroatoms. The lowest BCUT2D eigenvalue weighted by molar-refractivity contribution is -0.118. The Bertz CT molecular complexity index is 454. The third-order valence-corrected chi connectivity index (χ3v) is 3.04. The maximum atomic E-state index is 11.4. The molecule has 0 aliphatic carbocycles. The van der Waals surface area contributed by atoms with E-state index in [4.69, 9.17) is 10.5 Å². The molecule has 0 spiro atoms. The first-order valence-electron chi connectivity index (χ1n) is 6.08. The monoisotopic (exact) mass is 240 g/mol. The highest BCUT2D eigenvalue weighted by molar-refractivity contribution is 5.78. The van der Waals surface area contributed by atoms with Gasteiger partial charge in [-0.2, -0.15) is 10.5 Å². The van der Waals surface area contributed by atoms with Gasteiger partial charge in [-0.05, 0) is 12.0 Å². The predicted molar refractivity (Wildman–Crippen MR) is 68.4 cm³/mol. The van der Waals surface area contributed by atoms with Crippen molar-refractivity contribution in [3.8, 4) is 12.1 Å². The van der Waals surface area contributed by atoms with Crippen molar-refractivity contribution >= 4 is 5.78 Å². The summed E-state index contributed by atoms with van der Waals surface area (Å²) in [6, 6.07) is 13.5. The van der Waals surface area contributed by atoms with Crippen LogP contribution in [-0.4, -0.2) is 5.78 Å². The molecule has 1 rings (SSSR count). The maximum absolute atomic E-state index is 11.4. The lowest BCUT2D eigenvalue weighted by Crippen LogP contribution is -2.11. The van der Waals surface area contributed by atoms with Crippen molar-refractivity contribution in [3.63, 3.8) is 0 Å². The smallest absolute Gasteiger partial charge is 0.140 e. The number of Topliss-reactive ketones (excluding diaryl/α,β-unsaturated/α-hetero) is 1. The number of ketones is 1. The molecule has 3 nitrogen and oxygen atoms in total. The average molecular weight is 240 g/mol. The Labute approximate surface area is 108 Å². The molecule has 0 bridgehead atoms. The highest BCUT2D eigenvalue weighted by atomic mass is 16.1. The van der Waals surface area contributed by atoms with Crippen molar-refractivity contribution in [2.24, 2.45) is 5.92 Å². The molecule has 0 saturated heterocycles. The van der Waals surface area contributed by atoms with Crippen LogP contribution in [0.25, 0.3) is 0 Å². The van der Waals surface area contributed by atoms with Gasteiger partial charge >= 0.3 is 0 Å². The largest absolute Gasteiger partial charge is 0.300 e. The van der Waals surface area contributed by atoms with Gasteiger partial charge in [-0.15, -0.1) is 0 Å². The molecule has 0 fully saturated rings. The van der Waals surface area contributed by atoms with Crippen molar-refractivity contribution in [2.75, 3.05) is 0 Å². The Morgan fingerprint density at radius 3 is 2.33 bits per heavy atom. The molecule has 0 unspecified atom stereocenters. The highest BCUT2D eigenvalue weighted by Crippen LogP contribution is 2.29. The van der Waals surface area contributed by atoms with E-state index in [1.165, 1.54) is 0 Å². The molecule has 0 aromatic heterocycles. The third-order valence-electron chi connectivity index (χ3n) is 3.04. The van der Waals surface area contributed by atoms with Gasteiger partial charge < -0.3 is 0 Å². The lowest BCUT2D eigenvalue weighted by Gasteiger charge is -2.17. The van der Waals surface area contributed by atoms with Crippen molar-refractivity contribution in [3.05, 3.63) is 35.9 Å².